The largest absolute Gasteiger partial charge is 0.454 e. The van der Waals surface area contributed by atoms with Gasteiger partial charge < -0.3 is 9.47 Å². The predicted molar refractivity (Wildman–Crippen MR) is 117 cm³/mol. The van der Waals surface area contributed by atoms with Crippen molar-refractivity contribution >= 4 is 28.5 Å². The molecule has 0 saturated heterocycles. The summed E-state index contributed by atoms with van der Waals surface area (Å²) >= 11 is 0. The molecular weight excluding hydrogens is 363 g/mol. The number of fused-ring (bicyclic) bond motifs is 1. The van der Waals surface area contributed by atoms with Crippen LogP contribution < -0.4 is 30.7 Å². The fourth-order valence-corrected chi connectivity index (χ4v) is 8.20. The summed E-state index contributed by atoms with van der Waals surface area (Å²) < 4.78 is 11.3. The lowest BCUT2D eigenvalue weighted by atomic mass is 10.3. The Balaban J connectivity index is 1.88. The van der Waals surface area contributed by atoms with Crippen molar-refractivity contribution in [3.63, 3.8) is 0 Å². The van der Waals surface area contributed by atoms with Gasteiger partial charge in [-0.2, -0.15) is 0 Å². The Bertz CT molecular complexity index is 983. The van der Waals surface area contributed by atoms with E-state index < -0.39 is 7.26 Å². The summed E-state index contributed by atoms with van der Waals surface area (Å²) in [6.45, 7) is 0.284. The zero-order valence-electron chi connectivity index (χ0n) is 15.4. The van der Waals surface area contributed by atoms with Crippen molar-refractivity contribution in [2.24, 2.45) is 0 Å². The summed E-state index contributed by atoms with van der Waals surface area (Å²) in [5.41, 5.74) is 0. The van der Waals surface area contributed by atoms with E-state index in [-0.39, 0.29) is 6.79 Å². The summed E-state index contributed by atoms with van der Waals surface area (Å²) in [6, 6.07) is 38.9. The molecule has 0 amide bonds. The molecule has 1 aliphatic heterocycles. The molecular formula is C25H20O2P+. The van der Waals surface area contributed by atoms with Crippen LogP contribution in [0, 0.1) is 0 Å². The van der Waals surface area contributed by atoms with E-state index in [1.54, 1.807) is 0 Å². The zero-order valence-corrected chi connectivity index (χ0v) is 16.3. The second-order valence-corrected chi connectivity index (χ2v) is 10.1. The average Bonchev–Trinajstić information content (AvgIpc) is 3.25. The van der Waals surface area contributed by atoms with Gasteiger partial charge >= 0.3 is 0 Å². The average molecular weight is 383 g/mol. The smallest absolute Gasteiger partial charge is 0.231 e. The van der Waals surface area contributed by atoms with Gasteiger partial charge in [-0.05, 0) is 48.5 Å². The third-order valence-corrected chi connectivity index (χ3v) is 9.44. The molecule has 136 valence electrons. The maximum atomic E-state index is 5.74. The lowest BCUT2D eigenvalue weighted by Crippen LogP contribution is -2.38. The summed E-state index contributed by atoms with van der Waals surface area (Å²) in [6.07, 6.45) is 0. The van der Waals surface area contributed by atoms with Crippen LogP contribution in [0.25, 0.3) is 0 Å². The first-order valence-electron chi connectivity index (χ1n) is 9.35. The van der Waals surface area contributed by atoms with Crippen molar-refractivity contribution in [1.29, 1.82) is 0 Å². The van der Waals surface area contributed by atoms with Gasteiger partial charge in [-0.25, -0.2) is 0 Å². The van der Waals surface area contributed by atoms with Crippen LogP contribution in [-0.2, 0) is 0 Å². The Morgan fingerprint density at radius 2 is 0.929 bits per heavy atom. The molecule has 0 saturated carbocycles. The highest BCUT2D eigenvalue weighted by atomic mass is 31.2. The van der Waals surface area contributed by atoms with Crippen molar-refractivity contribution in [2.75, 3.05) is 6.79 Å². The van der Waals surface area contributed by atoms with Crippen LogP contribution >= 0.6 is 7.26 Å². The minimum atomic E-state index is -2.07. The SMILES string of the molecule is c1ccc([P+](c2ccccc2)(c2ccccc2)c2ccc3c(c2)OCO3)cc1. The minimum Gasteiger partial charge on any atom is -0.454 e. The summed E-state index contributed by atoms with van der Waals surface area (Å²) in [4.78, 5) is 0. The van der Waals surface area contributed by atoms with E-state index in [9.17, 15) is 0 Å². The van der Waals surface area contributed by atoms with Gasteiger partial charge in [0, 0.05) is 6.07 Å². The Morgan fingerprint density at radius 1 is 0.464 bits per heavy atom. The first-order chi connectivity index (χ1) is 13.9. The van der Waals surface area contributed by atoms with E-state index in [1.807, 2.05) is 6.07 Å². The molecule has 1 heterocycles. The van der Waals surface area contributed by atoms with Crippen molar-refractivity contribution in [1.82, 2.24) is 0 Å². The molecule has 2 nitrogen and oxygen atoms in total. The van der Waals surface area contributed by atoms with Crippen molar-refractivity contribution in [3.8, 4) is 11.5 Å². The summed E-state index contributed by atoms with van der Waals surface area (Å²) in [5, 5.41) is 5.24. The number of benzene rings is 4. The Hall–Kier alpha value is -3.09. The van der Waals surface area contributed by atoms with Crippen LogP contribution in [0.2, 0.25) is 0 Å². The topological polar surface area (TPSA) is 18.5 Å². The molecule has 4 aromatic carbocycles. The molecule has 0 unspecified atom stereocenters. The maximum Gasteiger partial charge on any atom is 0.231 e. The monoisotopic (exact) mass is 383 g/mol. The van der Waals surface area contributed by atoms with Gasteiger partial charge in [-0.15, -0.1) is 0 Å². The summed E-state index contributed by atoms with van der Waals surface area (Å²) in [5.74, 6) is 1.64. The van der Waals surface area contributed by atoms with Crippen molar-refractivity contribution < 1.29 is 9.47 Å². The molecule has 0 spiro atoms. The lowest BCUT2D eigenvalue weighted by Gasteiger charge is -2.27. The Labute approximate surface area is 165 Å². The zero-order chi connectivity index (χ0) is 18.8. The second kappa shape index (κ2) is 7.14. The number of rotatable bonds is 4. The van der Waals surface area contributed by atoms with Gasteiger partial charge in [-0.1, -0.05) is 54.6 Å². The highest BCUT2D eigenvalue weighted by molar-refractivity contribution is 8.01. The van der Waals surface area contributed by atoms with E-state index in [0.29, 0.717) is 0 Å². The van der Waals surface area contributed by atoms with Gasteiger partial charge in [0.25, 0.3) is 0 Å². The fourth-order valence-electron chi connectivity index (χ4n) is 3.94. The molecule has 5 rings (SSSR count). The van der Waals surface area contributed by atoms with Crippen LogP contribution in [0.4, 0.5) is 0 Å². The van der Waals surface area contributed by atoms with Crippen LogP contribution in [0.15, 0.2) is 109 Å². The van der Waals surface area contributed by atoms with E-state index >= 15 is 0 Å². The van der Waals surface area contributed by atoms with Crippen molar-refractivity contribution in [2.45, 2.75) is 0 Å². The first-order valence-corrected chi connectivity index (χ1v) is 11.1. The molecule has 0 aromatic heterocycles. The van der Waals surface area contributed by atoms with Gasteiger partial charge in [0.05, 0.1) is 0 Å². The molecule has 0 atom stereocenters. The molecule has 1 aliphatic rings. The van der Waals surface area contributed by atoms with Crippen LogP contribution in [0.5, 0.6) is 11.5 Å². The van der Waals surface area contributed by atoms with Crippen molar-refractivity contribution in [3.05, 3.63) is 109 Å². The number of hydrogen-bond acceptors (Lipinski definition) is 2. The van der Waals surface area contributed by atoms with E-state index in [0.717, 1.165) is 11.5 Å². The van der Waals surface area contributed by atoms with E-state index in [2.05, 4.69) is 103 Å². The molecule has 0 radical (unpaired) electrons. The highest BCUT2D eigenvalue weighted by Crippen LogP contribution is 2.55. The number of ether oxygens (including phenoxy) is 2. The van der Waals surface area contributed by atoms with Crippen LogP contribution in [0.3, 0.4) is 0 Å². The molecule has 28 heavy (non-hydrogen) atoms. The standard InChI is InChI=1S/C25H20O2P/c1-4-10-20(11-5-1)28(21-12-6-2-7-13-21,22-14-8-3-9-15-22)23-16-17-24-25(18-23)27-19-26-24/h1-18H,19H2/q+1. The second-order valence-electron chi connectivity index (χ2n) is 6.72. The minimum absolute atomic E-state index is 0.284. The van der Waals surface area contributed by atoms with Gasteiger partial charge in [0.15, 0.2) is 11.5 Å². The molecule has 0 aliphatic carbocycles. The number of hydrogen-bond donors (Lipinski definition) is 0. The molecule has 0 N–H and O–H groups in total. The first kappa shape index (κ1) is 17.0. The molecule has 0 fully saturated rings. The Morgan fingerprint density at radius 3 is 1.43 bits per heavy atom. The van der Waals surface area contributed by atoms with E-state index in [1.165, 1.54) is 21.2 Å². The summed E-state index contributed by atoms with van der Waals surface area (Å²) in [7, 11) is -2.07. The maximum absolute atomic E-state index is 5.74. The third kappa shape index (κ3) is 2.69. The third-order valence-electron chi connectivity index (χ3n) is 5.17. The normalized spacial score (nSPS) is 12.7. The van der Waals surface area contributed by atoms with Gasteiger partial charge in [0.2, 0.25) is 6.79 Å². The molecule has 0 bridgehead atoms. The Kier molecular flexibility index (Phi) is 4.35. The van der Waals surface area contributed by atoms with Gasteiger partial charge in [0.1, 0.15) is 28.5 Å². The van der Waals surface area contributed by atoms with Gasteiger partial charge in [-0.3, -0.25) is 0 Å². The van der Waals surface area contributed by atoms with Crippen LogP contribution in [-0.4, -0.2) is 6.79 Å². The van der Waals surface area contributed by atoms with Crippen LogP contribution in [0.1, 0.15) is 0 Å². The lowest BCUT2D eigenvalue weighted by molar-refractivity contribution is 0.174. The fraction of sp³-hybridized carbons (Fsp3) is 0.0400. The quantitative estimate of drug-likeness (QED) is 0.496. The molecule has 4 aromatic rings. The van der Waals surface area contributed by atoms with E-state index in [4.69, 9.17) is 9.47 Å². The highest BCUT2D eigenvalue weighted by Gasteiger charge is 2.48. The predicted octanol–water partition coefficient (Wildman–Crippen LogP) is 4.03. The molecule has 3 heteroatoms.